The molecule has 0 aromatic heterocycles. The Hall–Kier alpha value is -2.82. The third kappa shape index (κ3) is 4.38. The molecule has 0 bridgehead atoms. The number of aliphatic hydroxyl groups is 2. The summed E-state index contributed by atoms with van der Waals surface area (Å²) in [5, 5.41) is 22.2. The average Bonchev–Trinajstić information content (AvgIpc) is 3.50. The highest BCUT2D eigenvalue weighted by molar-refractivity contribution is 7.98. The van der Waals surface area contributed by atoms with E-state index in [2.05, 4.69) is 6.92 Å². The van der Waals surface area contributed by atoms with Crippen molar-refractivity contribution in [3.05, 3.63) is 82.7 Å². The molecular formula is C36H40FNO6S. The lowest BCUT2D eigenvalue weighted by Crippen LogP contribution is -2.63. The van der Waals surface area contributed by atoms with Crippen LogP contribution in [0.5, 0.6) is 0 Å². The summed E-state index contributed by atoms with van der Waals surface area (Å²) in [6.45, 7) is 5.12. The van der Waals surface area contributed by atoms with Crippen LogP contribution in [0.25, 0.3) is 0 Å². The van der Waals surface area contributed by atoms with Gasteiger partial charge in [-0.2, -0.15) is 0 Å². The third-order valence-electron chi connectivity index (χ3n) is 11.8. The molecule has 3 saturated carbocycles. The second-order valence-corrected chi connectivity index (χ2v) is 15.0. The zero-order valence-corrected chi connectivity index (χ0v) is 26.6. The standard InChI is InChI=1S/C36H40FNO6S/c1-19-8-9-20(18-45-27-7-5-4-6-25(27)38)32(37)30(19)33-43-29-15-24-23-11-10-21-14-22(40)12-13-34(21,2)31(23)26(41)16-35(24,3)36(29,44-33)28(42)17-39/h4-9,12-14,23-24,26,29,31,33,39,41H,10-11,15-18,38H2,1-3H3/t23-,24?,26-,29+,31+,33+,34-,35-,36+/m0/s1. The van der Waals surface area contributed by atoms with Gasteiger partial charge in [0.05, 0.1) is 12.2 Å². The lowest BCUT2D eigenvalue weighted by molar-refractivity contribution is -0.201. The molecule has 5 aliphatic rings. The van der Waals surface area contributed by atoms with Crippen molar-refractivity contribution in [2.24, 2.45) is 28.6 Å². The Labute approximate surface area is 267 Å². The number of carbonyl (C=O) groups is 2. The molecule has 4 fully saturated rings. The molecule has 9 atom stereocenters. The molecule has 1 saturated heterocycles. The second kappa shape index (κ2) is 10.9. The van der Waals surface area contributed by atoms with Crippen LogP contribution in [0.2, 0.25) is 0 Å². The fourth-order valence-electron chi connectivity index (χ4n) is 9.72. The van der Waals surface area contributed by atoms with Gasteiger partial charge in [-0.25, -0.2) is 4.39 Å². The van der Waals surface area contributed by atoms with Crippen LogP contribution in [0.3, 0.4) is 0 Å². The summed E-state index contributed by atoms with van der Waals surface area (Å²) in [5.41, 5.74) is 6.27. The summed E-state index contributed by atoms with van der Waals surface area (Å²) >= 11 is 1.44. The van der Waals surface area contributed by atoms with Gasteiger partial charge in [-0.15, -0.1) is 11.8 Å². The summed E-state index contributed by atoms with van der Waals surface area (Å²) in [4.78, 5) is 26.9. The van der Waals surface area contributed by atoms with Crippen molar-refractivity contribution in [3.8, 4) is 0 Å². The summed E-state index contributed by atoms with van der Waals surface area (Å²) < 4.78 is 29.5. The number of halogens is 1. The number of nitrogen functional groups attached to an aromatic ring is 1. The zero-order chi connectivity index (χ0) is 31.9. The monoisotopic (exact) mass is 633 g/mol. The van der Waals surface area contributed by atoms with Crippen LogP contribution in [-0.4, -0.2) is 46.2 Å². The molecule has 238 valence electrons. The molecule has 4 aliphatic carbocycles. The molecule has 2 aromatic rings. The number of fused-ring (bicyclic) bond motifs is 7. The number of allylic oxidation sites excluding steroid dienone is 4. The number of Topliss-reactive ketones (excluding diaryl/α,β-unsaturated/α-hetero) is 1. The van der Waals surface area contributed by atoms with Gasteiger partial charge in [-0.05, 0) is 79.9 Å². The minimum atomic E-state index is -1.54. The van der Waals surface area contributed by atoms with Crippen molar-refractivity contribution in [1.82, 2.24) is 0 Å². The molecule has 4 N–H and O–H groups in total. The Morgan fingerprint density at radius 2 is 1.98 bits per heavy atom. The first kappa shape index (κ1) is 30.8. The number of aryl methyl sites for hydroxylation is 1. The Kier molecular flexibility index (Phi) is 7.45. The van der Waals surface area contributed by atoms with Crippen LogP contribution in [-0.2, 0) is 24.8 Å². The molecule has 45 heavy (non-hydrogen) atoms. The maximum atomic E-state index is 16.3. The first-order chi connectivity index (χ1) is 21.4. The van der Waals surface area contributed by atoms with Gasteiger partial charge in [-0.1, -0.05) is 49.8 Å². The van der Waals surface area contributed by atoms with E-state index in [1.807, 2.05) is 43.3 Å². The number of carbonyl (C=O) groups excluding carboxylic acids is 2. The maximum absolute atomic E-state index is 16.3. The van der Waals surface area contributed by atoms with Crippen LogP contribution in [0.15, 0.2) is 65.1 Å². The van der Waals surface area contributed by atoms with Gasteiger partial charge in [0.2, 0.25) is 0 Å². The van der Waals surface area contributed by atoms with Crippen LogP contribution >= 0.6 is 11.8 Å². The molecule has 1 aliphatic heterocycles. The predicted molar refractivity (Wildman–Crippen MR) is 168 cm³/mol. The van der Waals surface area contributed by atoms with Gasteiger partial charge < -0.3 is 25.4 Å². The normalized spacial score (nSPS) is 38.3. The van der Waals surface area contributed by atoms with Crippen molar-refractivity contribution in [2.75, 3.05) is 12.3 Å². The highest BCUT2D eigenvalue weighted by Gasteiger charge is 2.76. The van der Waals surface area contributed by atoms with Crippen LogP contribution in [0, 0.1) is 41.3 Å². The number of nitrogens with two attached hydrogens (primary N) is 1. The maximum Gasteiger partial charge on any atom is 0.193 e. The Morgan fingerprint density at radius 1 is 1.20 bits per heavy atom. The van der Waals surface area contributed by atoms with E-state index in [1.165, 1.54) is 11.8 Å². The van der Waals surface area contributed by atoms with E-state index in [-0.39, 0.29) is 35.5 Å². The summed E-state index contributed by atoms with van der Waals surface area (Å²) in [7, 11) is 0. The Balaban J connectivity index is 1.22. The SMILES string of the molecule is Cc1ccc(CSc2ccccc2N)c(F)c1[C@@H]1O[C@@H]2CC3[C@@H]4CCC5=CC(=O)C=C[C@]5(C)[C@H]4[C@@H](O)C[C@]3(C)[C@]2(C(=O)CO)O1. The number of aliphatic hydroxyl groups excluding tert-OH is 2. The molecule has 7 nitrogen and oxygen atoms in total. The molecule has 0 amide bonds. The quantitative estimate of drug-likeness (QED) is 0.278. The number of hydrogen-bond donors (Lipinski definition) is 3. The van der Waals surface area contributed by atoms with Gasteiger partial charge in [0, 0.05) is 38.6 Å². The number of ether oxygens (including phenoxy) is 2. The molecule has 9 heteroatoms. The van der Waals surface area contributed by atoms with Crippen molar-refractivity contribution >= 4 is 29.0 Å². The lowest BCUT2D eigenvalue weighted by Gasteiger charge is -2.59. The summed E-state index contributed by atoms with van der Waals surface area (Å²) in [6.07, 6.45) is 4.88. The molecule has 7 rings (SSSR count). The van der Waals surface area contributed by atoms with Crippen molar-refractivity contribution in [1.29, 1.82) is 0 Å². The van der Waals surface area contributed by atoms with E-state index in [1.54, 1.807) is 25.1 Å². The lowest BCUT2D eigenvalue weighted by atomic mass is 9.46. The predicted octanol–water partition coefficient (Wildman–Crippen LogP) is 5.61. The van der Waals surface area contributed by atoms with Gasteiger partial charge in [0.15, 0.2) is 23.5 Å². The van der Waals surface area contributed by atoms with E-state index in [0.29, 0.717) is 29.0 Å². The van der Waals surface area contributed by atoms with E-state index in [4.69, 9.17) is 15.2 Å². The van der Waals surface area contributed by atoms with E-state index in [9.17, 15) is 19.8 Å². The van der Waals surface area contributed by atoms with Gasteiger partial charge in [0.1, 0.15) is 12.4 Å². The molecule has 0 radical (unpaired) electrons. The fraction of sp³-hybridized carbons (Fsp3) is 0.500. The molecule has 0 spiro atoms. The third-order valence-corrected chi connectivity index (χ3v) is 12.9. The molecule has 2 aromatic carbocycles. The fourth-order valence-corrected chi connectivity index (χ4v) is 10.7. The van der Waals surface area contributed by atoms with Crippen molar-refractivity contribution in [2.45, 2.75) is 81.2 Å². The summed E-state index contributed by atoms with van der Waals surface area (Å²) in [6, 6.07) is 11.0. The smallest absolute Gasteiger partial charge is 0.193 e. The highest BCUT2D eigenvalue weighted by Crippen LogP contribution is 2.70. The average molecular weight is 634 g/mol. The number of benzene rings is 2. The number of anilines is 1. The van der Waals surface area contributed by atoms with Crippen LogP contribution in [0.4, 0.5) is 10.1 Å². The van der Waals surface area contributed by atoms with E-state index in [0.717, 1.165) is 23.3 Å². The topological polar surface area (TPSA) is 119 Å². The van der Waals surface area contributed by atoms with Crippen LogP contribution in [0.1, 0.15) is 62.5 Å². The van der Waals surface area contributed by atoms with E-state index < -0.39 is 53.1 Å². The van der Waals surface area contributed by atoms with Crippen LogP contribution < -0.4 is 5.73 Å². The Bertz CT molecular complexity index is 1640. The number of thioether (sulfide) groups is 1. The van der Waals surface area contributed by atoms with E-state index >= 15 is 4.39 Å². The minimum Gasteiger partial charge on any atom is -0.398 e. The molecule has 1 heterocycles. The van der Waals surface area contributed by atoms with Crippen molar-refractivity contribution < 1.29 is 33.7 Å². The van der Waals surface area contributed by atoms with Gasteiger partial charge >= 0.3 is 0 Å². The number of ketones is 2. The van der Waals surface area contributed by atoms with Crippen molar-refractivity contribution in [3.63, 3.8) is 0 Å². The Morgan fingerprint density at radius 3 is 2.73 bits per heavy atom. The first-order valence-corrected chi connectivity index (χ1v) is 16.8. The molecule has 1 unspecified atom stereocenters. The number of para-hydroxylation sites is 1. The highest BCUT2D eigenvalue weighted by atomic mass is 32.2. The second-order valence-electron chi connectivity index (χ2n) is 13.9. The number of hydrogen-bond acceptors (Lipinski definition) is 8. The first-order valence-electron chi connectivity index (χ1n) is 15.8. The van der Waals surface area contributed by atoms with Gasteiger partial charge in [-0.3, -0.25) is 9.59 Å². The number of rotatable bonds is 6. The minimum absolute atomic E-state index is 0.0267. The largest absolute Gasteiger partial charge is 0.398 e. The summed E-state index contributed by atoms with van der Waals surface area (Å²) in [5.74, 6) is -0.763. The van der Waals surface area contributed by atoms with Gasteiger partial charge in [0.25, 0.3) is 0 Å². The zero-order valence-electron chi connectivity index (χ0n) is 25.8. The molecular weight excluding hydrogens is 593 g/mol.